The smallest absolute Gasteiger partial charge is 0.383 e. The van der Waals surface area contributed by atoms with Crippen molar-refractivity contribution in [3.8, 4) is 0 Å². The minimum absolute atomic E-state index is 0.198. The summed E-state index contributed by atoms with van der Waals surface area (Å²) in [7, 11) is 3.42. The van der Waals surface area contributed by atoms with E-state index in [2.05, 4.69) is 4.90 Å². The number of likely N-dealkylation sites (N-methyl/N-ethyl adjacent to an activating group) is 1. The Morgan fingerprint density at radius 2 is 1.44 bits per heavy atom. The number of halogens is 5. The number of carbonyl (C=O) groups is 1. The van der Waals surface area contributed by atoms with Gasteiger partial charge in [0.1, 0.15) is 11.6 Å². The standard InChI is InChI=1S/C34H37F5N4O2/c1-41(22-23-45-2)32-40-33(26-8-12-29(35)13-9-26,27-10-14-30(36)15-11-27)31(44)43(32)19-3-18-42-20-16-25(17-21-42)24-4-6-28(7-5-24)34(37,38)39/h4-15,25H,3,16-23H2,1-2H3. The molecule has 6 nitrogen and oxygen atoms in total. The summed E-state index contributed by atoms with van der Waals surface area (Å²) in [5.74, 6) is -0.547. The van der Waals surface area contributed by atoms with Gasteiger partial charge in [-0.3, -0.25) is 9.69 Å². The normalized spacial score (nSPS) is 17.5. The van der Waals surface area contributed by atoms with E-state index in [1.54, 1.807) is 24.1 Å². The summed E-state index contributed by atoms with van der Waals surface area (Å²) < 4.78 is 72.0. The number of guanidine groups is 1. The van der Waals surface area contributed by atoms with Gasteiger partial charge in [-0.2, -0.15) is 13.2 Å². The predicted molar refractivity (Wildman–Crippen MR) is 162 cm³/mol. The predicted octanol–water partition coefficient (Wildman–Crippen LogP) is 6.27. The first-order chi connectivity index (χ1) is 21.5. The van der Waals surface area contributed by atoms with E-state index >= 15 is 0 Å². The van der Waals surface area contributed by atoms with Gasteiger partial charge in [0.15, 0.2) is 5.54 Å². The molecule has 0 aromatic heterocycles. The fraction of sp³-hybridized carbons (Fsp3) is 0.412. The van der Waals surface area contributed by atoms with Crippen LogP contribution in [0.4, 0.5) is 22.0 Å². The van der Waals surface area contributed by atoms with Crippen LogP contribution in [0.1, 0.15) is 47.4 Å². The second-order valence-electron chi connectivity index (χ2n) is 11.6. The van der Waals surface area contributed by atoms with Gasteiger partial charge in [0, 0.05) is 27.2 Å². The molecule has 0 N–H and O–H groups in total. The molecule has 5 rings (SSSR count). The van der Waals surface area contributed by atoms with E-state index in [-0.39, 0.29) is 11.8 Å². The van der Waals surface area contributed by atoms with Crippen LogP contribution in [-0.2, 0) is 21.2 Å². The first kappa shape index (κ1) is 32.6. The third-order valence-electron chi connectivity index (χ3n) is 8.71. The molecule has 2 aliphatic heterocycles. The van der Waals surface area contributed by atoms with E-state index in [4.69, 9.17) is 9.73 Å². The number of amides is 1. The summed E-state index contributed by atoms with van der Waals surface area (Å²) in [5.41, 5.74) is -0.281. The molecule has 0 radical (unpaired) electrons. The zero-order valence-electron chi connectivity index (χ0n) is 25.4. The monoisotopic (exact) mass is 628 g/mol. The maximum atomic E-state index is 14.4. The molecular weight excluding hydrogens is 591 g/mol. The molecule has 0 saturated carbocycles. The lowest BCUT2D eigenvalue weighted by molar-refractivity contribution is -0.137. The maximum absolute atomic E-state index is 14.4. The minimum atomic E-state index is -4.35. The van der Waals surface area contributed by atoms with Gasteiger partial charge in [-0.1, -0.05) is 36.4 Å². The van der Waals surface area contributed by atoms with E-state index in [1.807, 2.05) is 11.9 Å². The lowest BCUT2D eigenvalue weighted by Crippen LogP contribution is -2.47. The van der Waals surface area contributed by atoms with Crippen LogP contribution in [0.2, 0.25) is 0 Å². The summed E-state index contributed by atoms with van der Waals surface area (Å²) in [4.78, 5) is 25.2. The highest BCUT2D eigenvalue weighted by Gasteiger charge is 2.51. The SMILES string of the molecule is COCCN(C)C1=NC(c2ccc(F)cc2)(c2ccc(F)cc2)C(=O)N1CCCN1CCC(c2ccc(C(F)(F)F)cc2)CC1. The van der Waals surface area contributed by atoms with Gasteiger partial charge < -0.3 is 14.5 Å². The summed E-state index contributed by atoms with van der Waals surface area (Å²) in [5, 5.41) is 0. The number of carbonyl (C=O) groups excluding carboxylic acids is 1. The fourth-order valence-corrected chi connectivity index (χ4v) is 6.18. The number of piperidine rings is 1. The van der Waals surface area contributed by atoms with Crippen molar-refractivity contribution in [3.63, 3.8) is 0 Å². The molecular formula is C34H37F5N4O2. The van der Waals surface area contributed by atoms with Crippen molar-refractivity contribution >= 4 is 11.9 Å². The highest BCUT2D eigenvalue weighted by atomic mass is 19.4. The van der Waals surface area contributed by atoms with Crippen LogP contribution < -0.4 is 0 Å². The minimum Gasteiger partial charge on any atom is -0.383 e. The molecule has 1 fully saturated rings. The third-order valence-corrected chi connectivity index (χ3v) is 8.71. The lowest BCUT2D eigenvalue weighted by atomic mass is 9.82. The quantitative estimate of drug-likeness (QED) is 0.249. The van der Waals surface area contributed by atoms with Crippen molar-refractivity contribution in [2.24, 2.45) is 4.99 Å². The zero-order chi connectivity index (χ0) is 32.2. The van der Waals surface area contributed by atoms with Gasteiger partial charge in [-0.15, -0.1) is 0 Å². The number of methoxy groups -OCH3 is 1. The molecule has 0 atom stereocenters. The molecule has 0 bridgehead atoms. The fourth-order valence-electron chi connectivity index (χ4n) is 6.18. The zero-order valence-corrected chi connectivity index (χ0v) is 25.4. The lowest BCUT2D eigenvalue weighted by Gasteiger charge is -2.33. The van der Waals surface area contributed by atoms with Gasteiger partial charge in [-0.05, 0) is 97.9 Å². The van der Waals surface area contributed by atoms with E-state index in [0.29, 0.717) is 43.2 Å². The summed E-state index contributed by atoms with van der Waals surface area (Å²) >= 11 is 0. The van der Waals surface area contributed by atoms with Crippen LogP contribution >= 0.6 is 0 Å². The summed E-state index contributed by atoms with van der Waals surface area (Å²) in [6.45, 7) is 3.56. The van der Waals surface area contributed by atoms with Crippen LogP contribution in [0, 0.1) is 11.6 Å². The Morgan fingerprint density at radius 1 is 0.889 bits per heavy atom. The van der Waals surface area contributed by atoms with Gasteiger partial charge in [0.2, 0.25) is 5.96 Å². The largest absolute Gasteiger partial charge is 0.416 e. The van der Waals surface area contributed by atoms with Gasteiger partial charge in [0.25, 0.3) is 5.91 Å². The number of rotatable bonds is 10. The van der Waals surface area contributed by atoms with Crippen molar-refractivity contribution in [1.29, 1.82) is 0 Å². The van der Waals surface area contributed by atoms with Crippen molar-refractivity contribution in [1.82, 2.24) is 14.7 Å². The molecule has 2 heterocycles. The molecule has 1 saturated heterocycles. The Hall–Kier alpha value is -3.83. The first-order valence-electron chi connectivity index (χ1n) is 15.1. The van der Waals surface area contributed by atoms with E-state index in [9.17, 15) is 26.7 Å². The van der Waals surface area contributed by atoms with Gasteiger partial charge in [0.05, 0.1) is 12.2 Å². The van der Waals surface area contributed by atoms with E-state index in [1.165, 1.54) is 48.5 Å². The van der Waals surface area contributed by atoms with E-state index < -0.39 is 28.9 Å². The molecule has 45 heavy (non-hydrogen) atoms. The van der Waals surface area contributed by atoms with Gasteiger partial charge in [-0.25, -0.2) is 13.8 Å². The molecule has 11 heteroatoms. The first-order valence-corrected chi connectivity index (χ1v) is 15.1. The Morgan fingerprint density at radius 3 is 1.96 bits per heavy atom. The molecule has 0 unspecified atom stereocenters. The number of alkyl halides is 3. The average Bonchev–Trinajstić information content (AvgIpc) is 3.33. The van der Waals surface area contributed by atoms with E-state index in [0.717, 1.165) is 50.2 Å². The highest BCUT2D eigenvalue weighted by molar-refractivity contribution is 6.09. The van der Waals surface area contributed by atoms with Crippen LogP contribution in [0.25, 0.3) is 0 Å². The maximum Gasteiger partial charge on any atom is 0.416 e. The molecule has 3 aromatic carbocycles. The molecule has 2 aliphatic rings. The highest BCUT2D eigenvalue weighted by Crippen LogP contribution is 2.41. The third kappa shape index (κ3) is 7.04. The van der Waals surface area contributed by atoms with Crippen molar-refractivity contribution in [3.05, 3.63) is 107 Å². The van der Waals surface area contributed by atoms with Crippen LogP contribution in [0.15, 0.2) is 77.8 Å². The molecule has 1 amide bonds. The number of likely N-dealkylation sites (tertiary alicyclic amines) is 1. The summed E-state index contributed by atoms with van der Waals surface area (Å²) in [6, 6.07) is 16.8. The van der Waals surface area contributed by atoms with Gasteiger partial charge >= 0.3 is 6.18 Å². The number of hydrogen-bond donors (Lipinski definition) is 0. The Kier molecular flexibility index (Phi) is 9.88. The number of hydrogen-bond acceptors (Lipinski definition) is 5. The van der Waals surface area contributed by atoms with Crippen LogP contribution in [-0.4, -0.2) is 80.1 Å². The summed E-state index contributed by atoms with van der Waals surface area (Å²) in [6.07, 6.45) is -2.03. The molecule has 0 spiro atoms. The number of ether oxygens (including phenoxy) is 1. The molecule has 3 aromatic rings. The Bertz CT molecular complexity index is 1420. The number of aliphatic imine (C=N–C) groups is 1. The molecule has 240 valence electrons. The molecule has 0 aliphatic carbocycles. The Labute approximate surface area is 260 Å². The van der Waals surface area contributed by atoms with Crippen molar-refractivity contribution in [2.75, 3.05) is 53.5 Å². The average molecular weight is 629 g/mol. The second kappa shape index (κ2) is 13.7. The topological polar surface area (TPSA) is 48.4 Å². The van der Waals surface area contributed by atoms with Crippen molar-refractivity contribution in [2.45, 2.75) is 36.9 Å². The second-order valence-corrected chi connectivity index (χ2v) is 11.6. The number of nitrogens with zero attached hydrogens (tertiary/aromatic N) is 4. The van der Waals surface area contributed by atoms with Crippen molar-refractivity contribution < 1.29 is 31.5 Å². The number of benzene rings is 3. The Balaban J connectivity index is 1.30. The van der Waals surface area contributed by atoms with Crippen LogP contribution in [0.3, 0.4) is 0 Å². The van der Waals surface area contributed by atoms with Crippen LogP contribution in [0.5, 0.6) is 0 Å².